The summed E-state index contributed by atoms with van der Waals surface area (Å²) >= 11 is 0. The lowest BCUT2D eigenvalue weighted by Gasteiger charge is -2.33. The predicted octanol–water partition coefficient (Wildman–Crippen LogP) is 1.63. The topological polar surface area (TPSA) is 66.9 Å². The summed E-state index contributed by atoms with van der Waals surface area (Å²) in [4.78, 5) is 11.2. The van der Waals surface area contributed by atoms with E-state index in [0.717, 1.165) is 25.7 Å². The van der Waals surface area contributed by atoms with Gasteiger partial charge in [0.05, 0.1) is 13.5 Å². The van der Waals surface area contributed by atoms with Crippen LogP contribution in [0, 0.1) is 5.92 Å². The van der Waals surface area contributed by atoms with Crippen LogP contribution in [0.25, 0.3) is 0 Å². The average molecular weight is 320 g/mol. The molecule has 21 heavy (non-hydrogen) atoms. The standard InChI is InChI=1S/C14H28N2O4S/c1-12(2)11-16(13-7-5-6-8-13)21(18,19)15(3)10-9-14(17)20-4/h12-13H,5-11H2,1-4H3. The molecule has 0 bridgehead atoms. The van der Waals surface area contributed by atoms with Crippen LogP contribution in [0.2, 0.25) is 0 Å². The van der Waals surface area contributed by atoms with Gasteiger partial charge in [-0.1, -0.05) is 26.7 Å². The highest BCUT2D eigenvalue weighted by molar-refractivity contribution is 7.86. The number of carbonyl (C=O) groups is 1. The second-order valence-corrected chi connectivity index (χ2v) is 8.05. The van der Waals surface area contributed by atoms with Gasteiger partial charge >= 0.3 is 5.97 Å². The summed E-state index contributed by atoms with van der Waals surface area (Å²) in [6, 6.07) is 0.0953. The highest BCUT2D eigenvalue weighted by atomic mass is 32.2. The van der Waals surface area contributed by atoms with E-state index in [-0.39, 0.29) is 24.9 Å². The summed E-state index contributed by atoms with van der Waals surface area (Å²) in [7, 11) is -0.690. The van der Waals surface area contributed by atoms with Crippen molar-refractivity contribution in [3.8, 4) is 0 Å². The monoisotopic (exact) mass is 320 g/mol. The molecule has 1 fully saturated rings. The molecule has 1 saturated carbocycles. The molecule has 0 amide bonds. The Balaban J connectivity index is 2.79. The Morgan fingerprint density at radius 3 is 2.33 bits per heavy atom. The summed E-state index contributed by atoms with van der Waals surface area (Å²) in [5, 5.41) is 0. The van der Waals surface area contributed by atoms with E-state index in [1.165, 1.54) is 18.5 Å². The van der Waals surface area contributed by atoms with Crippen molar-refractivity contribution in [2.24, 2.45) is 5.92 Å². The van der Waals surface area contributed by atoms with Gasteiger partial charge in [-0.2, -0.15) is 17.0 Å². The van der Waals surface area contributed by atoms with Crippen molar-refractivity contribution >= 4 is 16.2 Å². The van der Waals surface area contributed by atoms with E-state index in [1.54, 1.807) is 4.31 Å². The number of rotatable bonds is 8. The lowest BCUT2D eigenvalue weighted by Crippen LogP contribution is -2.48. The second kappa shape index (κ2) is 8.10. The van der Waals surface area contributed by atoms with Crippen molar-refractivity contribution in [2.75, 3.05) is 27.2 Å². The molecule has 1 rings (SSSR count). The number of hydrogen-bond donors (Lipinski definition) is 0. The molecule has 124 valence electrons. The van der Waals surface area contributed by atoms with Crippen LogP contribution in [0.3, 0.4) is 0 Å². The Morgan fingerprint density at radius 2 is 1.86 bits per heavy atom. The summed E-state index contributed by atoms with van der Waals surface area (Å²) in [6.07, 6.45) is 4.10. The molecule has 0 unspecified atom stereocenters. The van der Waals surface area contributed by atoms with Crippen LogP contribution < -0.4 is 0 Å². The van der Waals surface area contributed by atoms with Crippen LogP contribution in [0.5, 0.6) is 0 Å². The minimum Gasteiger partial charge on any atom is -0.469 e. The van der Waals surface area contributed by atoms with Gasteiger partial charge in [0.1, 0.15) is 0 Å². The van der Waals surface area contributed by atoms with Gasteiger partial charge < -0.3 is 4.74 Å². The molecule has 0 aromatic heterocycles. The maximum Gasteiger partial charge on any atom is 0.306 e. The number of methoxy groups -OCH3 is 1. The molecule has 0 atom stereocenters. The van der Waals surface area contributed by atoms with Crippen molar-refractivity contribution in [1.82, 2.24) is 8.61 Å². The quantitative estimate of drug-likeness (QED) is 0.638. The number of hydrogen-bond acceptors (Lipinski definition) is 4. The molecule has 0 aromatic carbocycles. The van der Waals surface area contributed by atoms with E-state index in [1.807, 2.05) is 13.8 Å². The first-order chi connectivity index (χ1) is 9.78. The molecule has 0 aliphatic heterocycles. The Bertz CT molecular complexity index is 430. The van der Waals surface area contributed by atoms with Crippen LogP contribution in [0.15, 0.2) is 0 Å². The van der Waals surface area contributed by atoms with Crippen LogP contribution in [0.1, 0.15) is 46.0 Å². The van der Waals surface area contributed by atoms with Gasteiger partial charge in [-0.3, -0.25) is 4.79 Å². The van der Waals surface area contributed by atoms with Gasteiger partial charge in [0.15, 0.2) is 0 Å². The largest absolute Gasteiger partial charge is 0.469 e. The minimum absolute atomic E-state index is 0.0758. The van der Waals surface area contributed by atoms with E-state index in [9.17, 15) is 13.2 Å². The zero-order valence-corrected chi connectivity index (χ0v) is 14.4. The van der Waals surface area contributed by atoms with Gasteiger partial charge in [-0.25, -0.2) is 0 Å². The zero-order valence-electron chi connectivity index (χ0n) is 13.5. The SMILES string of the molecule is COC(=O)CCN(C)S(=O)(=O)N(CC(C)C)C1CCCC1. The van der Waals surface area contributed by atoms with Crippen LogP contribution in [-0.4, -0.2) is 56.3 Å². The summed E-state index contributed by atoms with van der Waals surface area (Å²) in [6.45, 7) is 4.71. The van der Waals surface area contributed by atoms with Crippen molar-refractivity contribution in [3.63, 3.8) is 0 Å². The normalized spacial score (nSPS) is 17.1. The fraction of sp³-hybridized carbons (Fsp3) is 0.929. The lowest BCUT2D eigenvalue weighted by atomic mass is 10.2. The van der Waals surface area contributed by atoms with Gasteiger partial charge in [0, 0.05) is 26.2 Å². The van der Waals surface area contributed by atoms with E-state index < -0.39 is 16.2 Å². The maximum atomic E-state index is 12.8. The fourth-order valence-corrected chi connectivity index (χ4v) is 4.38. The molecule has 1 aliphatic carbocycles. The number of esters is 1. The van der Waals surface area contributed by atoms with Crippen LogP contribution >= 0.6 is 0 Å². The summed E-state index contributed by atoms with van der Waals surface area (Å²) < 4.78 is 33.0. The number of ether oxygens (including phenoxy) is 1. The first-order valence-electron chi connectivity index (χ1n) is 7.59. The molecular formula is C14H28N2O4S. The van der Waals surface area contributed by atoms with E-state index in [0.29, 0.717) is 6.54 Å². The Morgan fingerprint density at radius 1 is 1.29 bits per heavy atom. The van der Waals surface area contributed by atoms with Gasteiger partial charge in [0.25, 0.3) is 10.2 Å². The summed E-state index contributed by atoms with van der Waals surface area (Å²) in [5.74, 6) is -0.122. The third-order valence-corrected chi connectivity index (χ3v) is 5.84. The van der Waals surface area contributed by atoms with E-state index >= 15 is 0 Å². The Labute approximate surface area is 128 Å². The Hall–Kier alpha value is -0.660. The highest BCUT2D eigenvalue weighted by Gasteiger charge is 2.35. The van der Waals surface area contributed by atoms with Crippen molar-refractivity contribution in [1.29, 1.82) is 0 Å². The third kappa shape index (κ3) is 5.23. The molecule has 0 saturated heterocycles. The molecule has 0 heterocycles. The first-order valence-corrected chi connectivity index (χ1v) is 8.98. The maximum absolute atomic E-state index is 12.8. The molecular weight excluding hydrogens is 292 g/mol. The zero-order chi connectivity index (χ0) is 16.0. The molecule has 0 aromatic rings. The average Bonchev–Trinajstić information content (AvgIpc) is 2.94. The van der Waals surface area contributed by atoms with Crippen LogP contribution in [0.4, 0.5) is 0 Å². The molecule has 0 N–H and O–H groups in total. The molecule has 7 heteroatoms. The van der Waals surface area contributed by atoms with Crippen molar-refractivity contribution in [3.05, 3.63) is 0 Å². The predicted molar refractivity (Wildman–Crippen MR) is 82.0 cm³/mol. The first kappa shape index (κ1) is 18.4. The Kier molecular flexibility index (Phi) is 7.09. The van der Waals surface area contributed by atoms with E-state index in [4.69, 9.17) is 0 Å². The fourth-order valence-electron chi connectivity index (χ4n) is 2.63. The van der Waals surface area contributed by atoms with Gasteiger partial charge in [-0.15, -0.1) is 0 Å². The molecule has 0 spiro atoms. The van der Waals surface area contributed by atoms with Gasteiger partial charge in [0.2, 0.25) is 0 Å². The lowest BCUT2D eigenvalue weighted by molar-refractivity contribution is -0.140. The van der Waals surface area contributed by atoms with Crippen molar-refractivity contribution < 1.29 is 17.9 Å². The summed E-state index contributed by atoms with van der Waals surface area (Å²) in [5.41, 5.74) is 0. The molecule has 6 nitrogen and oxygen atoms in total. The molecule has 1 aliphatic rings. The highest BCUT2D eigenvalue weighted by Crippen LogP contribution is 2.27. The smallest absolute Gasteiger partial charge is 0.306 e. The van der Waals surface area contributed by atoms with Gasteiger partial charge in [-0.05, 0) is 18.8 Å². The minimum atomic E-state index is -3.52. The molecule has 0 radical (unpaired) electrons. The second-order valence-electron chi connectivity index (χ2n) is 6.06. The third-order valence-electron chi connectivity index (χ3n) is 3.83. The van der Waals surface area contributed by atoms with Crippen molar-refractivity contribution in [2.45, 2.75) is 52.0 Å². The number of nitrogens with zero attached hydrogens (tertiary/aromatic N) is 2. The number of carbonyl (C=O) groups excluding carboxylic acids is 1. The van der Waals surface area contributed by atoms with Crippen LogP contribution in [-0.2, 0) is 19.7 Å². The van der Waals surface area contributed by atoms with E-state index in [2.05, 4.69) is 4.74 Å².